The van der Waals surface area contributed by atoms with E-state index in [-0.39, 0.29) is 37.8 Å². The summed E-state index contributed by atoms with van der Waals surface area (Å²) in [7, 11) is 0. The Bertz CT molecular complexity index is 463. The molecule has 0 aromatic rings. The summed E-state index contributed by atoms with van der Waals surface area (Å²) in [5.41, 5.74) is 0. The van der Waals surface area contributed by atoms with Crippen molar-refractivity contribution in [2.75, 3.05) is 38.2 Å². The number of nitrogens with one attached hydrogen (secondary N) is 2. The molecule has 1 aliphatic heterocycles. The van der Waals surface area contributed by atoms with Gasteiger partial charge in [0.05, 0.1) is 13.2 Å². The number of nitrogens with zero attached hydrogens (tertiary/aromatic N) is 1. The Morgan fingerprint density at radius 2 is 1.61 bits per heavy atom. The van der Waals surface area contributed by atoms with Gasteiger partial charge >= 0.3 is 0 Å². The molecule has 0 radical (unpaired) electrons. The summed E-state index contributed by atoms with van der Waals surface area (Å²) in [6.45, 7) is 1.52. The molecule has 9 heteroatoms. The second-order valence-corrected chi connectivity index (χ2v) is 5.46. The van der Waals surface area contributed by atoms with E-state index >= 15 is 0 Å². The average Bonchev–Trinajstić information content (AvgIpc) is 2.85. The predicted molar refractivity (Wildman–Crippen MR) is 85.7 cm³/mol. The number of amides is 4. The molecule has 0 aromatic heterocycles. The fourth-order valence-corrected chi connectivity index (χ4v) is 1.96. The molecule has 0 saturated heterocycles. The third-order valence-corrected chi connectivity index (χ3v) is 3.32. The number of ether oxygens (including phenoxy) is 1. The molecule has 0 aliphatic carbocycles. The first-order chi connectivity index (χ1) is 11.0. The van der Waals surface area contributed by atoms with Crippen LogP contribution in [0.2, 0.25) is 0 Å². The van der Waals surface area contributed by atoms with Gasteiger partial charge in [-0.05, 0) is 0 Å². The maximum atomic E-state index is 11.6. The minimum absolute atomic E-state index is 0.0497. The van der Waals surface area contributed by atoms with Gasteiger partial charge in [-0.15, -0.1) is 0 Å². The predicted octanol–water partition coefficient (Wildman–Crippen LogP) is -0.664. The van der Waals surface area contributed by atoms with Crippen molar-refractivity contribution in [2.45, 2.75) is 12.8 Å². The highest BCUT2D eigenvalue weighted by molar-refractivity contribution is 9.09. The second-order valence-electron chi connectivity index (χ2n) is 4.66. The van der Waals surface area contributed by atoms with Crippen LogP contribution < -0.4 is 10.6 Å². The topological polar surface area (TPSA) is 105 Å². The summed E-state index contributed by atoms with van der Waals surface area (Å²) in [4.78, 5) is 46.4. The molecule has 1 aliphatic rings. The van der Waals surface area contributed by atoms with E-state index in [0.717, 1.165) is 4.90 Å². The molecule has 128 valence electrons. The van der Waals surface area contributed by atoms with Crippen LogP contribution >= 0.6 is 15.9 Å². The molecule has 0 fully saturated rings. The fraction of sp³-hybridized carbons (Fsp3) is 0.571. The summed E-state index contributed by atoms with van der Waals surface area (Å²) in [5, 5.41) is 6.01. The molecule has 8 nitrogen and oxygen atoms in total. The van der Waals surface area contributed by atoms with Gasteiger partial charge in [0.15, 0.2) is 0 Å². The zero-order valence-electron chi connectivity index (χ0n) is 12.7. The molecule has 23 heavy (non-hydrogen) atoms. The van der Waals surface area contributed by atoms with Crippen LogP contribution in [-0.2, 0) is 23.9 Å². The summed E-state index contributed by atoms with van der Waals surface area (Å²) >= 11 is 3.20. The zero-order chi connectivity index (χ0) is 17.1. The van der Waals surface area contributed by atoms with Gasteiger partial charge in [0.25, 0.3) is 11.8 Å². The lowest BCUT2D eigenvalue weighted by Gasteiger charge is -2.13. The van der Waals surface area contributed by atoms with Crippen molar-refractivity contribution in [2.24, 2.45) is 0 Å². The number of hydrogen-bond acceptors (Lipinski definition) is 5. The molecular formula is C14H20BrN3O5. The maximum Gasteiger partial charge on any atom is 0.253 e. The van der Waals surface area contributed by atoms with Crippen LogP contribution in [0.15, 0.2) is 12.2 Å². The Labute approximate surface area is 142 Å². The van der Waals surface area contributed by atoms with E-state index in [9.17, 15) is 19.2 Å². The van der Waals surface area contributed by atoms with Crippen LogP contribution in [0.3, 0.4) is 0 Å². The maximum absolute atomic E-state index is 11.6. The van der Waals surface area contributed by atoms with Gasteiger partial charge in [-0.2, -0.15) is 0 Å². The van der Waals surface area contributed by atoms with Gasteiger partial charge in [0.2, 0.25) is 11.8 Å². The smallest absolute Gasteiger partial charge is 0.253 e. The van der Waals surface area contributed by atoms with Gasteiger partial charge < -0.3 is 15.4 Å². The van der Waals surface area contributed by atoms with E-state index < -0.39 is 11.8 Å². The highest BCUT2D eigenvalue weighted by Gasteiger charge is 2.23. The number of carbonyl (C=O) groups is 4. The number of carbonyl (C=O) groups excluding carboxylic acids is 4. The molecule has 1 heterocycles. The van der Waals surface area contributed by atoms with Crippen molar-refractivity contribution < 1.29 is 23.9 Å². The molecular weight excluding hydrogens is 370 g/mol. The quantitative estimate of drug-likeness (QED) is 0.277. The normalized spacial score (nSPS) is 13.5. The Morgan fingerprint density at radius 3 is 2.26 bits per heavy atom. The summed E-state index contributed by atoms with van der Waals surface area (Å²) in [5.74, 6) is -1.15. The van der Waals surface area contributed by atoms with Crippen molar-refractivity contribution in [1.29, 1.82) is 0 Å². The van der Waals surface area contributed by atoms with Crippen molar-refractivity contribution >= 4 is 39.6 Å². The molecule has 0 aromatic carbocycles. The molecule has 0 bridgehead atoms. The number of rotatable bonds is 11. The number of halogens is 1. The van der Waals surface area contributed by atoms with E-state index in [0.29, 0.717) is 25.0 Å². The zero-order valence-corrected chi connectivity index (χ0v) is 14.3. The van der Waals surface area contributed by atoms with Crippen LogP contribution in [0.25, 0.3) is 0 Å². The van der Waals surface area contributed by atoms with Crippen molar-refractivity contribution in [3.8, 4) is 0 Å². The first-order valence-electron chi connectivity index (χ1n) is 7.25. The van der Waals surface area contributed by atoms with Crippen molar-refractivity contribution in [1.82, 2.24) is 15.5 Å². The van der Waals surface area contributed by atoms with Gasteiger partial charge in [-0.25, -0.2) is 0 Å². The van der Waals surface area contributed by atoms with E-state index in [1.807, 2.05) is 0 Å². The van der Waals surface area contributed by atoms with Crippen LogP contribution in [0.5, 0.6) is 0 Å². The lowest BCUT2D eigenvalue weighted by atomic mass is 10.3. The van der Waals surface area contributed by atoms with Crippen molar-refractivity contribution in [3.63, 3.8) is 0 Å². The molecule has 0 unspecified atom stereocenters. The minimum atomic E-state index is -0.399. The molecule has 1 rings (SSSR count). The summed E-state index contributed by atoms with van der Waals surface area (Å²) in [6.07, 6.45) is 2.69. The van der Waals surface area contributed by atoms with E-state index in [1.165, 1.54) is 12.2 Å². The second kappa shape index (κ2) is 10.9. The van der Waals surface area contributed by atoms with E-state index in [2.05, 4.69) is 26.6 Å². The molecule has 0 saturated carbocycles. The standard InChI is InChI=1S/C14H20BrN3O5/c15-5-6-16-12(20)4-9-23-10-7-17-11(19)3-8-18-13(21)1-2-14(18)22/h1-2H,3-10H2,(H,16,20)(H,17,19). The Kier molecular flexibility index (Phi) is 9.15. The largest absolute Gasteiger partial charge is 0.379 e. The Balaban J connectivity index is 1.99. The average molecular weight is 390 g/mol. The van der Waals surface area contributed by atoms with E-state index in [4.69, 9.17) is 4.74 Å². The van der Waals surface area contributed by atoms with Gasteiger partial charge in [0.1, 0.15) is 0 Å². The first-order valence-corrected chi connectivity index (χ1v) is 8.37. The van der Waals surface area contributed by atoms with Crippen LogP contribution in [0.1, 0.15) is 12.8 Å². The Morgan fingerprint density at radius 1 is 1.00 bits per heavy atom. The molecule has 0 spiro atoms. The first kappa shape index (κ1) is 19.3. The SMILES string of the molecule is O=C(CCOCCNC(=O)CCN1C(=O)C=CC1=O)NCCBr. The van der Waals surface area contributed by atoms with Gasteiger partial charge in [-0.1, -0.05) is 15.9 Å². The molecule has 4 amide bonds. The van der Waals surface area contributed by atoms with Crippen molar-refractivity contribution in [3.05, 3.63) is 12.2 Å². The highest BCUT2D eigenvalue weighted by atomic mass is 79.9. The highest BCUT2D eigenvalue weighted by Crippen LogP contribution is 2.03. The van der Waals surface area contributed by atoms with Crippen LogP contribution in [-0.4, -0.2) is 66.7 Å². The third kappa shape index (κ3) is 7.89. The number of alkyl halides is 1. The lowest BCUT2D eigenvalue weighted by Crippen LogP contribution is -2.35. The van der Waals surface area contributed by atoms with Crippen LogP contribution in [0.4, 0.5) is 0 Å². The third-order valence-electron chi connectivity index (χ3n) is 2.92. The fourth-order valence-electron chi connectivity index (χ4n) is 1.76. The molecule has 2 N–H and O–H groups in total. The number of hydrogen-bond donors (Lipinski definition) is 2. The summed E-state index contributed by atoms with van der Waals surface area (Å²) < 4.78 is 5.23. The van der Waals surface area contributed by atoms with Gasteiger partial charge in [-0.3, -0.25) is 24.1 Å². The Hall–Kier alpha value is -1.74. The van der Waals surface area contributed by atoms with Crippen LogP contribution in [0, 0.1) is 0 Å². The minimum Gasteiger partial charge on any atom is -0.379 e. The van der Waals surface area contributed by atoms with Gasteiger partial charge in [0, 0.05) is 50.0 Å². The molecule has 0 atom stereocenters. The summed E-state index contributed by atoms with van der Waals surface area (Å²) in [6, 6.07) is 0. The van der Waals surface area contributed by atoms with E-state index in [1.54, 1.807) is 0 Å². The monoisotopic (exact) mass is 389 g/mol. The number of imide groups is 1. The lowest BCUT2D eigenvalue weighted by molar-refractivity contribution is -0.137.